The number of nitrogens with zero attached hydrogens (tertiary/aromatic N) is 2. The lowest BCUT2D eigenvalue weighted by Crippen LogP contribution is -2.50. The number of aldehydes is 1. The van der Waals surface area contributed by atoms with Gasteiger partial charge in [-0.2, -0.15) is 0 Å². The van der Waals surface area contributed by atoms with Crippen LogP contribution in [0.4, 0.5) is 5.69 Å². The Balaban J connectivity index is 0. The minimum atomic E-state index is -0.505. The number of ether oxygens (including phenoxy) is 1. The quantitative estimate of drug-likeness (QED) is 0.365. The van der Waals surface area contributed by atoms with E-state index in [1.165, 1.54) is 0 Å². The van der Waals surface area contributed by atoms with Crippen LogP contribution in [0.25, 0.3) is 10.9 Å². The number of hydrogen-bond donors (Lipinski definition) is 2. The summed E-state index contributed by atoms with van der Waals surface area (Å²) >= 11 is 3.51. The van der Waals surface area contributed by atoms with E-state index in [0.29, 0.717) is 31.3 Å². The zero-order valence-corrected chi connectivity index (χ0v) is 25.7. The maximum Gasteiger partial charge on any atom is 0.253 e. The molecule has 0 saturated carbocycles. The van der Waals surface area contributed by atoms with Crippen molar-refractivity contribution in [2.45, 2.75) is 33.3 Å². The Hall–Kier alpha value is -3.34. The molecule has 222 valence electrons. The van der Waals surface area contributed by atoms with Crippen LogP contribution < -0.4 is 10.6 Å². The van der Waals surface area contributed by atoms with Gasteiger partial charge in [0.2, 0.25) is 0 Å². The number of nitrogens with two attached hydrogens (primary N) is 1. The van der Waals surface area contributed by atoms with Gasteiger partial charge in [-0.3, -0.25) is 9.59 Å². The highest BCUT2D eigenvalue weighted by Gasteiger charge is 2.34. The van der Waals surface area contributed by atoms with E-state index in [2.05, 4.69) is 51.6 Å². The van der Waals surface area contributed by atoms with Crippen LogP contribution in [-0.2, 0) is 19.1 Å². The molecule has 1 amide bonds. The Morgan fingerprint density at radius 3 is 2.33 bits per heavy atom. The molecule has 2 aromatic rings. The fourth-order valence-corrected chi connectivity index (χ4v) is 4.58. The summed E-state index contributed by atoms with van der Waals surface area (Å²) in [6.45, 7) is 23.0. The number of rotatable bonds is 4. The number of nitrogens with one attached hydrogen (secondary N) is 1. The molecule has 2 aliphatic rings. The summed E-state index contributed by atoms with van der Waals surface area (Å²) in [7, 11) is 0. The van der Waals surface area contributed by atoms with Gasteiger partial charge in [0.1, 0.15) is 19.3 Å². The lowest BCUT2D eigenvalue weighted by molar-refractivity contribution is -0.143. The van der Waals surface area contributed by atoms with Crippen LogP contribution >= 0.6 is 15.9 Å². The van der Waals surface area contributed by atoms with Crippen molar-refractivity contribution in [3.8, 4) is 0 Å². The first-order valence-electron chi connectivity index (χ1n) is 12.8. The molecule has 0 spiro atoms. The first-order valence-corrected chi connectivity index (χ1v) is 13.6. The predicted molar refractivity (Wildman–Crippen MR) is 169 cm³/mol. The van der Waals surface area contributed by atoms with Crippen LogP contribution in [-0.4, -0.2) is 81.1 Å². The summed E-state index contributed by atoms with van der Waals surface area (Å²) in [6.07, 6.45) is 7.31. The zero-order valence-electron chi connectivity index (χ0n) is 24.1. The van der Waals surface area contributed by atoms with Gasteiger partial charge in [0, 0.05) is 35.0 Å². The van der Waals surface area contributed by atoms with E-state index in [1.807, 2.05) is 63.5 Å². The molecule has 0 bridgehead atoms. The standard InChI is InChI=1S/C21H24BrN3O3.C3H6.C2H7N.C2H4.2CH2O/c1-2-3-14-6-7-25(11-14)21(27)19-12-24(8-9-28-19)20-16-10-15(22)4-5-17(16)23-18(20)13-26;1-3-2;1-2-3;3*1-2/h2-5,10,13-14,19,23H,6-9,11-12H2,1H3;3H,1H2,2H3;2-3H2,1H3;1-2H2;2*1H2/b3-2+;;;;;. The minimum Gasteiger partial charge on any atom is -0.365 e. The van der Waals surface area contributed by atoms with Gasteiger partial charge in [-0.25, -0.2) is 0 Å². The van der Waals surface area contributed by atoms with Crippen LogP contribution in [0, 0.1) is 5.92 Å². The van der Waals surface area contributed by atoms with Crippen molar-refractivity contribution >= 4 is 58.3 Å². The van der Waals surface area contributed by atoms with Crippen molar-refractivity contribution in [1.29, 1.82) is 0 Å². The topological polar surface area (TPSA) is 126 Å². The monoisotopic (exact) mass is 620 g/mol. The normalized spacial score (nSPS) is 17.2. The van der Waals surface area contributed by atoms with Gasteiger partial charge >= 0.3 is 0 Å². The number of aromatic nitrogens is 1. The molecule has 1 aromatic carbocycles. The first-order chi connectivity index (χ1) is 19.4. The van der Waals surface area contributed by atoms with E-state index >= 15 is 0 Å². The van der Waals surface area contributed by atoms with Gasteiger partial charge in [0.15, 0.2) is 12.4 Å². The molecular weight excluding hydrogens is 576 g/mol. The number of amides is 1. The molecule has 2 fully saturated rings. The lowest BCUT2D eigenvalue weighted by atomic mass is 10.1. The Labute approximate surface area is 247 Å². The summed E-state index contributed by atoms with van der Waals surface area (Å²) < 4.78 is 6.78. The van der Waals surface area contributed by atoms with Crippen molar-refractivity contribution in [2.24, 2.45) is 11.7 Å². The SMILES string of the molecule is C/C=C/C1CCN(C(=O)C2CN(c3c(C=O)[nH]c4ccc(Br)cc34)CCO2)C1.C=C.C=CC.C=O.C=O.CCN. The molecule has 2 saturated heterocycles. The number of aromatic amines is 1. The van der Waals surface area contributed by atoms with Crippen LogP contribution in [0.2, 0.25) is 0 Å². The molecule has 10 heteroatoms. The second kappa shape index (κ2) is 23.5. The molecule has 0 aliphatic carbocycles. The van der Waals surface area contributed by atoms with E-state index < -0.39 is 6.10 Å². The number of anilines is 1. The highest BCUT2D eigenvalue weighted by Crippen LogP contribution is 2.33. The van der Waals surface area contributed by atoms with Crippen LogP contribution in [0.1, 0.15) is 37.7 Å². The maximum atomic E-state index is 13.0. The number of halogens is 1. The molecule has 3 N–H and O–H groups in total. The third-order valence-corrected chi connectivity index (χ3v) is 6.03. The Kier molecular flexibility index (Phi) is 22.8. The number of allylic oxidation sites excluding steroid dienone is 2. The van der Waals surface area contributed by atoms with Crippen molar-refractivity contribution in [2.75, 3.05) is 44.2 Å². The van der Waals surface area contributed by atoms with E-state index in [4.69, 9.17) is 20.1 Å². The van der Waals surface area contributed by atoms with E-state index in [-0.39, 0.29) is 5.91 Å². The van der Waals surface area contributed by atoms with Gasteiger partial charge in [0.25, 0.3) is 5.91 Å². The molecule has 1 aromatic heterocycles. The second-order valence-corrected chi connectivity index (χ2v) is 9.09. The molecule has 0 radical (unpaired) electrons. The lowest BCUT2D eigenvalue weighted by Gasteiger charge is -2.35. The molecule has 4 rings (SSSR count). The number of carbonyl (C=O) groups excluding carboxylic acids is 4. The maximum absolute atomic E-state index is 13.0. The molecule has 3 heterocycles. The number of carbonyl (C=O) groups is 4. The molecular formula is C30H45BrN4O5. The third kappa shape index (κ3) is 11.8. The summed E-state index contributed by atoms with van der Waals surface area (Å²) in [5.41, 5.74) is 7.14. The molecule has 2 unspecified atom stereocenters. The summed E-state index contributed by atoms with van der Waals surface area (Å²) in [5, 5.41) is 0.971. The number of H-pyrrole nitrogens is 1. The van der Waals surface area contributed by atoms with Crippen molar-refractivity contribution in [3.05, 3.63) is 66.3 Å². The first kappa shape index (κ1) is 38.8. The average Bonchev–Trinajstić information content (AvgIpc) is 3.61. The zero-order chi connectivity index (χ0) is 31.1. The summed E-state index contributed by atoms with van der Waals surface area (Å²) in [6, 6.07) is 5.89. The van der Waals surface area contributed by atoms with Crippen LogP contribution in [0.3, 0.4) is 0 Å². The highest BCUT2D eigenvalue weighted by atomic mass is 79.9. The number of benzene rings is 1. The molecule has 2 aliphatic heterocycles. The number of morpholine rings is 1. The van der Waals surface area contributed by atoms with Gasteiger partial charge in [-0.1, -0.05) is 41.1 Å². The predicted octanol–water partition coefficient (Wildman–Crippen LogP) is 4.96. The Morgan fingerprint density at radius 2 is 1.77 bits per heavy atom. The number of fused-ring (bicyclic) bond motifs is 1. The highest BCUT2D eigenvalue weighted by molar-refractivity contribution is 9.10. The molecule has 40 heavy (non-hydrogen) atoms. The smallest absolute Gasteiger partial charge is 0.253 e. The summed E-state index contributed by atoms with van der Waals surface area (Å²) in [5.74, 6) is 0.478. The fraction of sp³-hybridized carbons (Fsp3) is 0.400. The Morgan fingerprint density at radius 1 is 1.18 bits per heavy atom. The molecule has 2 atom stereocenters. The van der Waals surface area contributed by atoms with Crippen molar-refractivity contribution in [1.82, 2.24) is 9.88 Å². The van der Waals surface area contributed by atoms with E-state index in [1.54, 1.807) is 6.08 Å². The van der Waals surface area contributed by atoms with Crippen molar-refractivity contribution in [3.63, 3.8) is 0 Å². The van der Waals surface area contributed by atoms with Crippen LogP contribution in [0.5, 0.6) is 0 Å². The minimum absolute atomic E-state index is 0.0466. The van der Waals surface area contributed by atoms with Gasteiger partial charge in [-0.15, -0.1) is 19.7 Å². The van der Waals surface area contributed by atoms with Gasteiger partial charge < -0.3 is 34.8 Å². The second-order valence-electron chi connectivity index (χ2n) is 8.18. The van der Waals surface area contributed by atoms with E-state index in [0.717, 1.165) is 53.4 Å². The number of likely N-dealkylation sites (tertiary alicyclic amines) is 1. The van der Waals surface area contributed by atoms with Gasteiger partial charge in [-0.05, 0) is 50.9 Å². The fourth-order valence-electron chi connectivity index (χ4n) is 4.22. The third-order valence-electron chi connectivity index (χ3n) is 5.54. The Bertz CT molecular complexity index is 1040. The largest absolute Gasteiger partial charge is 0.365 e. The summed E-state index contributed by atoms with van der Waals surface area (Å²) in [4.78, 5) is 47.9. The van der Waals surface area contributed by atoms with Crippen molar-refractivity contribution < 1.29 is 23.9 Å². The van der Waals surface area contributed by atoms with E-state index in [9.17, 15) is 9.59 Å². The number of hydrogen-bond acceptors (Lipinski definition) is 7. The van der Waals surface area contributed by atoms with Crippen LogP contribution in [0.15, 0.2) is 60.6 Å². The van der Waals surface area contributed by atoms with Gasteiger partial charge in [0.05, 0.1) is 18.8 Å². The average molecular weight is 622 g/mol. The molecule has 9 nitrogen and oxygen atoms in total.